The fourth-order valence-corrected chi connectivity index (χ4v) is 3.56. The van der Waals surface area contributed by atoms with E-state index in [1.165, 1.54) is 0 Å². The molecule has 2 aliphatic rings. The van der Waals surface area contributed by atoms with E-state index in [2.05, 4.69) is 16.3 Å². The summed E-state index contributed by atoms with van der Waals surface area (Å²) in [6.45, 7) is 1.27. The van der Waals surface area contributed by atoms with Gasteiger partial charge in [-0.3, -0.25) is 9.69 Å². The van der Waals surface area contributed by atoms with Crippen molar-refractivity contribution in [2.24, 2.45) is 0 Å². The molecular formula is C16H27N3O2. The van der Waals surface area contributed by atoms with E-state index in [0.29, 0.717) is 6.54 Å². The number of aliphatic hydroxyl groups is 1. The van der Waals surface area contributed by atoms with E-state index in [-0.39, 0.29) is 18.6 Å². The quantitative estimate of drug-likeness (QED) is 0.825. The van der Waals surface area contributed by atoms with Crippen molar-refractivity contribution in [2.75, 3.05) is 19.7 Å². The number of nitrogens with one attached hydrogen (secondary N) is 1. The van der Waals surface area contributed by atoms with Crippen LogP contribution in [-0.4, -0.2) is 47.2 Å². The summed E-state index contributed by atoms with van der Waals surface area (Å²) < 4.78 is 0. The van der Waals surface area contributed by atoms with E-state index < -0.39 is 5.54 Å². The summed E-state index contributed by atoms with van der Waals surface area (Å²) in [7, 11) is 0. The molecule has 1 unspecified atom stereocenters. The van der Waals surface area contributed by atoms with Crippen LogP contribution in [-0.2, 0) is 4.79 Å². The third kappa shape index (κ3) is 4.42. The Labute approximate surface area is 127 Å². The van der Waals surface area contributed by atoms with Crippen LogP contribution in [0.1, 0.15) is 57.8 Å². The highest BCUT2D eigenvalue weighted by atomic mass is 16.3. The standard InChI is InChI=1S/C16H27N3O2/c17-13-16(8-4-2-5-9-16)18-15(21)11-19-10-6-1-3-7-14(19)12-20/h14,20H,1-12H2,(H,18,21). The summed E-state index contributed by atoms with van der Waals surface area (Å²) >= 11 is 0. The van der Waals surface area contributed by atoms with Crippen molar-refractivity contribution < 1.29 is 9.90 Å². The van der Waals surface area contributed by atoms with Gasteiger partial charge in [0.25, 0.3) is 0 Å². The first-order valence-corrected chi connectivity index (χ1v) is 8.26. The SMILES string of the molecule is N#CC1(NC(=O)CN2CCCCCC2CO)CCCCC1. The molecule has 5 nitrogen and oxygen atoms in total. The molecule has 1 amide bonds. The van der Waals surface area contributed by atoms with Crippen LogP contribution in [0.4, 0.5) is 0 Å². The van der Waals surface area contributed by atoms with Crippen LogP contribution in [0.25, 0.3) is 0 Å². The number of aliphatic hydroxyl groups excluding tert-OH is 1. The Kier molecular flexibility index (Phi) is 6.01. The van der Waals surface area contributed by atoms with Gasteiger partial charge in [-0.1, -0.05) is 32.1 Å². The fourth-order valence-electron chi connectivity index (χ4n) is 3.56. The lowest BCUT2D eigenvalue weighted by Gasteiger charge is -2.33. The topological polar surface area (TPSA) is 76.4 Å². The van der Waals surface area contributed by atoms with Crippen molar-refractivity contribution in [3.63, 3.8) is 0 Å². The predicted octanol–water partition coefficient (Wildman–Crippen LogP) is 1.57. The van der Waals surface area contributed by atoms with E-state index in [1.807, 2.05) is 0 Å². The van der Waals surface area contributed by atoms with Gasteiger partial charge in [0, 0.05) is 6.04 Å². The Morgan fingerprint density at radius 2 is 1.95 bits per heavy atom. The van der Waals surface area contributed by atoms with E-state index in [0.717, 1.165) is 64.3 Å². The lowest BCUT2D eigenvalue weighted by atomic mass is 9.83. The number of nitrogens with zero attached hydrogens (tertiary/aromatic N) is 2. The zero-order valence-corrected chi connectivity index (χ0v) is 12.8. The molecular weight excluding hydrogens is 266 g/mol. The molecule has 0 aromatic rings. The van der Waals surface area contributed by atoms with Gasteiger partial charge in [-0.25, -0.2) is 0 Å². The molecule has 0 radical (unpaired) electrons. The predicted molar refractivity (Wildman–Crippen MR) is 80.5 cm³/mol. The number of hydrogen-bond donors (Lipinski definition) is 2. The molecule has 2 N–H and O–H groups in total. The average molecular weight is 293 g/mol. The summed E-state index contributed by atoms with van der Waals surface area (Å²) in [4.78, 5) is 14.4. The van der Waals surface area contributed by atoms with E-state index in [4.69, 9.17) is 0 Å². The van der Waals surface area contributed by atoms with Crippen LogP contribution < -0.4 is 5.32 Å². The third-order valence-corrected chi connectivity index (χ3v) is 4.86. The molecule has 118 valence electrons. The Hall–Kier alpha value is -1.12. The molecule has 1 aliphatic carbocycles. The van der Waals surface area contributed by atoms with Gasteiger partial charge >= 0.3 is 0 Å². The molecule has 1 atom stereocenters. The molecule has 0 aromatic heterocycles. The molecule has 1 saturated carbocycles. The number of nitriles is 1. The van der Waals surface area contributed by atoms with Crippen molar-refractivity contribution in [3.8, 4) is 6.07 Å². The third-order valence-electron chi connectivity index (χ3n) is 4.86. The Bertz CT molecular complexity index is 385. The minimum Gasteiger partial charge on any atom is -0.395 e. The molecule has 0 spiro atoms. The summed E-state index contributed by atoms with van der Waals surface area (Å²) in [5, 5.41) is 21.9. The second-order valence-electron chi connectivity index (χ2n) is 6.46. The number of rotatable bonds is 4. The molecule has 5 heteroatoms. The summed E-state index contributed by atoms with van der Waals surface area (Å²) in [5.74, 6) is -0.0706. The lowest BCUT2D eigenvalue weighted by molar-refractivity contribution is -0.124. The highest BCUT2D eigenvalue weighted by Crippen LogP contribution is 2.27. The number of likely N-dealkylation sites (tertiary alicyclic amines) is 1. The zero-order valence-electron chi connectivity index (χ0n) is 12.8. The van der Waals surface area contributed by atoms with Gasteiger partial charge in [-0.15, -0.1) is 0 Å². The number of carbonyl (C=O) groups is 1. The van der Waals surface area contributed by atoms with E-state index in [9.17, 15) is 15.2 Å². The van der Waals surface area contributed by atoms with Crippen LogP contribution in [0.5, 0.6) is 0 Å². The van der Waals surface area contributed by atoms with Gasteiger partial charge in [0.05, 0.1) is 19.2 Å². The average Bonchev–Trinajstić information content (AvgIpc) is 2.73. The van der Waals surface area contributed by atoms with Crippen LogP contribution in [0.15, 0.2) is 0 Å². The normalized spacial score (nSPS) is 26.6. The van der Waals surface area contributed by atoms with Gasteiger partial charge < -0.3 is 10.4 Å². The highest BCUT2D eigenvalue weighted by Gasteiger charge is 2.34. The maximum Gasteiger partial charge on any atom is 0.235 e. The van der Waals surface area contributed by atoms with Crippen molar-refractivity contribution in [2.45, 2.75) is 69.4 Å². The van der Waals surface area contributed by atoms with Crippen LogP contribution in [0.2, 0.25) is 0 Å². The number of hydrogen-bond acceptors (Lipinski definition) is 4. The van der Waals surface area contributed by atoms with Crippen LogP contribution in [0, 0.1) is 11.3 Å². The van der Waals surface area contributed by atoms with Crippen molar-refractivity contribution in [1.82, 2.24) is 10.2 Å². The molecule has 0 bridgehead atoms. The summed E-state index contributed by atoms with van der Waals surface area (Å²) in [6.07, 6.45) is 9.01. The largest absolute Gasteiger partial charge is 0.395 e. The zero-order chi connectivity index (χ0) is 15.1. The molecule has 1 saturated heterocycles. The maximum atomic E-state index is 12.3. The smallest absolute Gasteiger partial charge is 0.235 e. The minimum absolute atomic E-state index is 0.0706. The minimum atomic E-state index is -0.657. The van der Waals surface area contributed by atoms with E-state index in [1.54, 1.807) is 0 Å². The monoisotopic (exact) mass is 293 g/mol. The van der Waals surface area contributed by atoms with Gasteiger partial charge in [0.15, 0.2) is 0 Å². The van der Waals surface area contributed by atoms with Crippen molar-refractivity contribution in [1.29, 1.82) is 5.26 Å². The second-order valence-corrected chi connectivity index (χ2v) is 6.46. The van der Waals surface area contributed by atoms with Gasteiger partial charge in [0.1, 0.15) is 5.54 Å². The summed E-state index contributed by atoms with van der Waals surface area (Å²) in [6, 6.07) is 2.41. The van der Waals surface area contributed by atoms with Crippen LogP contribution in [0.3, 0.4) is 0 Å². The molecule has 2 fully saturated rings. The Balaban J connectivity index is 1.91. The van der Waals surface area contributed by atoms with Gasteiger partial charge in [-0.2, -0.15) is 5.26 Å². The van der Waals surface area contributed by atoms with Gasteiger partial charge in [0.2, 0.25) is 5.91 Å². The first-order valence-electron chi connectivity index (χ1n) is 8.26. The molecule has 1 aliphatic heterocycles. The molecule has 21 heavy (non-hydrogen) atoms. The van der Waals surface area contributed by atoms with Gasteiger partial charge in [-0.05, 0) is 32.2 Å². The fraction of sp³-hybridized carbons (Fsp3) is 0.875. The molecule has 1 heterocycles. The highest BCUT2D eigenvalue weighted by molar-refractivity contribution is 5.79. The van der Waals surface area contributed by atoms with Crippen LogP contribution >= 0.6 is 0 Å². The Morgan fingerprint density at radius 1 is 1.24 bits per heavy atom. The maximum absolute atomic E-state index is 12.3. The van der Waals surface area contributed by atoms with E-state index >= 15 is 0 Å². The molecule has 0 aromatic carbocycles. The number of amides is 1. The summed E-state index contributed by atoms with van der Waals surface area (Å²) in [5.41, 5.74) is -0.657. The Morgan fingerprint density at radius 3 is 2.62 bits per heavy atom. The number of carbonyl (C=O) groups excluding carboxylic acids is 1. The first-order chi connectivity index (χ1) is 10.2. The van der Waals surface area contributed by atoms with Crippen molar-refractivity contribution in [3.05, 3.63) is 0 Å². The first kappa shape index (κ1) is 16.3. The lowest BCUT2D eigenvalue weighted by Crippen LogP contribution is -2.53. The second kappa shape index (κ2) is 7.77. The molecule has 2 rings (SSSR count). The van der Waals surface area contributed by atoms with Crippen molar-refractivity contribution >= 4 is 5.91 Å².